The van der Waals surface area contributed by atoms with E-state index in [0.717, 1.165) is 6.07 Å². The van der Waals surface area contributed by atoms with Gasteiger partial charge >= 0.3 is 6.03 Å². The predicted molar refractivity (Wildman–Crippen MR) is 91.0 cm³/mol. The lowest BCUT2D eigenvalue weighted by Gasteiger charge is -2.42. The third-order valence-corrected chi connectivity index (χ3v) is 3.93. The van der Waals surface area contributed by atoms with Crippen LogP contribution in [0.25, 0.3) is 0 Å². The monoisotopic (exact) mass is 346 g/mol. The first-order valence-corrected chi connectivity index (χ1v) is 7.69. The number of hydrogen-bond acceptors (Lipinski definition) is 6. The second-order valence-electron chi connectivity index (χ2n) is 5.99. The molecule has 0 spiro atoms. The Labute approximate surface area is 144 Å². The summed E-state index contributed by atoms with van der Waals surface area (Å²) in [6, 6.07) is 5.63. The van der Waals surface area contributed by atoms with Crippen LogP contribution >= 0.6 is 0 Å². The van der Waals surface area contributed by atoms with E-state index in [4.69, 9.17) is 10.5 Å². The van der Waals surface area contributed by atoms with E-state index in [1.54, 1.807) is 4.90 Å². The van der Waals surface area contributed by atoms with Crippen molar-refractivity contribution in [2.75, 3.05) is 38.2 Å². The molecule has 8 nitrogen and oxygen atoms in total. The van der Waals surface area contributed by atoms with E-state index >= 15 is 0 Å². The molecule has 2 amide bonds. The number of anilines is 2. The van der Waals surface area contributed by atoms with Crippen molar-refractivity contribution in [1.29, 1.82) is 0 Å². The van der Waals surface area contributed by atoms with Crippen molar-refractivity contribution >= 4 is 17.5 Å². The van der Waals surface area contributed by atoms with E-state index in [1.165, 1.54) is 24.5 Å². The Balaban J connectivity index is 1.63. The van der Waals surface area contributed by atoms with Crippen molar-refractivity contribution in [3.05, 3.63) is 36.4 Å². The van der Waals surface area contributed by atoms with Crippen molar-refractivity contribution in [2.24, 2.45) is 0 Å². The van der Waals surface area contributed by atoms with Gasteiger partial charge in [0.1, 0.15) is 12.1 Å². The zero-order valence-electron chi connectivity index (χ0n) is 13.9. The number of ether oxygens (including phenoxy) is 1. The minimum absolute atomic E-state index is 0.0123. The molecule has 3 rings (SSSR count). The molecule has 2 heterocycles. The van der Waals surface area contributed by atoms with Crippen LogP contribution < -0.4 is 15.8 Å². The molecule has 1 aromatic carbocycles. The van der Waals surface area contributed by atoms with Crippen LogP contribution in [0.1, 0.15) is 0 Å². The van der Waals surface area contributed by atoms with Gasteiger partial charge in [0.15, 0.2) is 11.6 Å². The van der Waals surface area contributed by atoms with Gasteiger partial charge in [0, 0.05) is 37.0 Å². The third-order valence-electron chi connectivity index (χ3n) is 3.93. The molecule has 0 radical (unpaired) electrons. The number of likely N-dealkylation sites (tertiary alicyclic amines) is 1. The number of rotatable bonds is 4. The van der Waals surface area contributed by atoms with Crippen LogP contribution in [0, 0.1) is 5.82 Å². The minimum atomic E-state index is -0.598. The van der Waals surface area contributed by atoms with Crippen molar-refractivity contribution in [1.82, 2.24) is 19.8 Å². The maximum Gasteiger partial charge on any atom is 0.323 e. The molecule has 0 saturated carbocycles. The normalized spacial score (nSPS) is 14.3. The summed E-state index contributed by atoms with van der Waals surface area (Å²) >= 11 is 0. The summed E-state index contributed by atoms with van der Waals surface area (Å²) in [5.41, 5.74) is 5.80. The van der Waals surface area contributed by atoms with Crippen LogP contribution in [0.3, 0.4) is 0 Å². The van der Waals surface area contributed by atoms with Gasteiger partial charge in [-0.05, 0) is 26.2 Å². The molecule has 1 aromatic heterocycles. The molecule has 1 aliphatic rings. The first-order valence-electron chi connectivity index (χ1n) is 7.69. The van der Waals surface area contributed by atoms with E-state index in [9.17, 15) is 9.18 Å². The van der Waals surface area contributed by atoms with Crippen LogP contribution in [0.2, 0.25) is 0 Å². The molecule has 1 saturated heterocycles. The maximum absolute atomic E-state index is 13.8. The smallest absolute Gasteiger partial charge is 0.323 e. The van der Waals surface area contributed by atoms with E-state index < -0.39 is 5.82 Å². The first kappa shape index (κ1) is 16.9. The fraction of sp³-hybridized carbons (Fsp3) is 0.312. The van der Waals surface area contributed by atoms with Gasteiger partial charge in [0.05, 0.1) is 0 Å². The lowest BCUT2D eigenvalue weighted by molar-refractivity contribution is 0.0942. The van der Waals surface area contributed by atoms with Gasteiger partial charge in [0.2, 0.25) is 5.88 Å². The maximum atomic E-state index is 13.8. The SMILES string of the molecule is CN(C)C1CN(C(=O)Nc2cc(Oc3ccc(N)cc3F)ncn2)C1. The number of hydrogen-bond donors (Lipinski definition) is 2. The van der Waals surface area contributed by atoms with E-state index in [-0.39, 0.29) is 23.5 Å². The molecule has 9 heteroatoms. The van der Waals surface area contributed by atoms with E-state index in [1.807, 2.05) is 14.1 Å². The number of nitrogens with one attached hydrogen (secondary N) is 1. The number of nitrogen functional groups attached to an aromatic ring is 1. The fourth-order valence-electron chi connectivity index (χ4n) is 2.31. The summed E-state index contributed by atoms with van der Waals surface area (Å²) in [7, 11) is 3.95. The molecule has 132 valence electrons. The average Bonchev–Trinajstić information content (AvgIpc) is 2.48. The van der Waals surface area contributed by atoms with Gasteiger partial charge in [-0.2, -0.15) is 0 Å². The number of likely N-dealkylation sites (N-methyl/N-ethyl adjacent to an activating group) is 1. The lowest BCUT2D eigenvalue weighted by atomic mass is 10.1. The second-order valence-corrected chi connectivity index (χ2v) is 5.99. The molecule has 2 aromatic rings. The van der Waals surface area contributed by atoms with Crippen LogP contribution in [0.15, 0.2) is 30.6 Å². The lowest BCUT2D eigenvalue weighted by Crippen LogP contribution is -2.60. The van der Waals surface area contributed by atoms with Crippen molar-refractivity contribution in [3.63, 3.8) is 0 Å². The number of carbonyl (C=O) groups excluding carboxylic acids is 1. The quantitative estimate of drug-likeness (QED) is 0.819. The predicted octanol–water partition coefficient (Wildman–Crippen LogP) is 1.77. The Hall–Kier alpha value is -2.94. The molecule has 0 unspecified atom stereocenters. The molecule has 3 N–H and O–H groups in total. The molecular weight excluding hydrogens is 327 g/mol. The van der Waals surface area contributed by atoms with Crippen LogP contribution in [-0.4, -0.2) is 59.0 Å². The molecule has 0 bridgehead atoms. The van der Waals surface area contributed by atoms with Gasteiger partial charge in [-0.1, -0.05) is 0 Å². The molecular formula is C16H19FN6O2. The van der Waals surface area contributed by atoms with Gasteiger partial charge < -0.3 is 20.3 Å². The molecule has 25 heavy (non-hydrogen) atoms. The summed E-state index contributed by atoms with van der Waals surface area (Å²) in [6.45, 7) is 1.31. The minimum Gasteiger partial charge on any atom is -0.436 e. The second kappa shape index (κ2) is 6.89. The highest BCUT2D eigenvalue weighted by molar-refractivity contribution is 5.89. The van der Waals surface area contributed by atoms with Crippen molar-refractivity contribution < 1.29 is 13.9 Å². The van der Waals surface area contributed by atoms with Crippen LogP contribution in [0.4, 0.5) is 20.7 Å². The van der Waals surface area contributed by atoms with Crippen molar-refractivity contribution in [3.8, 4) is 11.6 Å². The van der Waals surface area contributed by atoms with Gasteiger partial charge in [0.25, 0.3) is 0 Å². The molecule has 1 aliphatic heterocycles. The summed E-state index contributed by atoms with van der Waals surface area (Å²) in [5.74, 6) is -0.218. The van der Waals surface area contributed by atoms with Crippen LogP contribution in [-0.2, 0) is 0 Å². The number of amides is 2. The van der Waals surface area contributed by atoms with Gasteiger partial charge in [-0.3, -0.25) is 5.32 Å². The number of halogens is 1. The largest absolute Gasteiger partial charge is 0.436 e. The number of benzene rings is 1. The zero-order chi connectivity index (χ0) is 18.0. The van der Waals surface area contributed by atoms with E-state index in [2.05, 4.69) is 20.2 Å². The number of nitrogens with two attached hydrogens (primary N) is 1. The first-order chi connectivity index (χ1) is 11.9. The van der Waals surface area contributed by atoms with Gasteiger partial charge in [-0.15, -0.1) is 0 Å². The highest BCUT2D eigenvalue weighted by Crippen LogP contribution is 2.25. The average molecular weight is 346 g/mol. The Morgan fingerprint density at radius 3 is 2.80 bits per heavy atom. The molecule has 0 aliphatic carbocycles. The number of nitrogens with zero attached hydrogens (tertiary/aromatic N) is 4. The Morgan fingerprint density at radius 2 is 2.12 bits per heavy atom. The zero-order valence-corrected chi connectivity index (χ0v) is 13.9. The van der Waals surface area contributed by atoms with Gasteiger partial charge in [-0.25, -0.2) is 19.2 Å². The van der Waals surface area contributed by atoms with Crippen molar-refractivity contribution in [2.45, 2.75) is 6.04 Å². The standard InChI is InChI=1S/C16H19FN6O2/c1-22(2)11-7-23(8-11)16(24)21-14-6-15(20-9-19-14)25-13-4-3-10(18)5-12(13)17/h3-6,9,11H,7-8,18H2,1-2H3,(H,19,20,21,24). The fourth-order valence-corrected chi connectivity index (χ4v) is 2.31. The Kier molecular flexibility index (Phi) is 4.66. The van der Waals surface area contributed by atoms with Crippen LogP contribution in [0.5, 0.6) is 11.6 Å². The topological polar surface area (TPSA) is 96.6 Å². The highest BCUT2D eigenvalue weighted by atomic mass is 19.1. The summed E-state index contributed by atoms with van der Waals surface area (Å²) in [6.07, 6.45) is 1.24. The highest BCUT2D eigenvalue weighted by Gasteiger charge is 2.32. The molecule has 1 fully saturated rings. The Morgan fingerprint density at radius 1 is 1.36 bits per heavy atom. The third kappa shape index (κ3) is 3.94. The summed E-state index contributed by atoms with van der Waals surface area (Å²) < 4.78 is 19.2. The van der Waals surface area contributed by atoms with E-state index in [0.29, 0.717) is 24.8 Å². The Bertz CT molecular complexity index is 779. The number of aromatic nitrogens is 2. The molecule has 0 atom stereocenters. The number of urea groups is 1. The summed E-state index contributed by atoms with van der Waals surface area (Å²) in [4.78, 5) is 23.8. The number of carbonyl (C=O) groups is 1. The summed E-state index contributed by atoms with van der Waals surface area (Å²) in [5, 5.41) is 2.68.